The molecule has 0 saturated carbocycles. The predicted octanol–water partition coefficient (Wildman–Crippen LogP) is 3.57. The van der Waals surface area contributed by atoms with Gasteiger partial charge in [-0.1, -0.05) is 17.7 Å². The summed E-state index contributed by atoms with van der Waals surface area (Å²) in [6.45, 7) is 1.88. The zero-order valence-corrected chi connectivity index (χ0v) is 9.01. The van der Waals surface area contributed by atoms with Crippen LogP contribution in [0, 0.1) is 6.92 Å². The van der Waals surface area contributed by atoms with Gasteiger partial charge in [-0.15, -0.1) is 0 Å². The first-order chi connectivity index (χ1) is 7.16. The lowest BCUT2D eigenvalue weighted by Crippen LogP contribution is -1.95. The molecule has 2 aromatic rings. The summed E-state index contributed by atoms with van der Waals surface area (Å²) in [6.07, 6.45) is 0. The van der Waals surface area contributed by atoms with E-state index in [1.807, 2.05) is 19.1 Å². The fourth-order valence-corrected chi connectivity index (χ4v) is 1.53. The number of furan rings is 1. The molecule has 1 aromatic heterocycles. The van der Waals surface area contributed by atoms with Crippen LogP contribution in [0.1, 0.15) is 5.76 Å². The van der Waals surface area contributed by atoms with Gasteiger partial charge in [0.1, 0.15) is 5.76 Å². The predicted molar refractivity (Wildman–Crippen MR) is 62.6 cm³/mol. The molecule has 0 aliphatic carbocycles. The topological polar surface area (TPSA) is 51.2 Å². The number of benzene rings is 1. The third-order valence-corrected chi connectivity index (χ3v) is 2.35. The summed E-state index contributed by atoms with van der Waals surface area (Å²) < 4.78 is 5.37. The van der Waals surface area contributed by atoms with E-state index in [1.54, 1.807) is 18.2 Å². The summed E-state index contributed by atoms with van der Waals surface area (Å²) in [5.74, 6) is 1.47. The zero-order chi connectivity index (χ0) is 10.8. The lowest BCUT2D eigenvalue weighted by Gasteiger charge is -2.08. The van der Waals surface area contributed by atoms with Crippen LogP contribution in [-0.4, -0.2) is 0 Å². The molecule has 78 valence electrons. The maximum Gasteiger partial charge on any atom is 0.197 e. The van der Waals surface area contributed by atoms with Gasteiger partial charge in [0.05, 0.1) is 16.4 Å². The van der Waals surface area contributed by atoms with Gasteiger partial charge in [0.15, 0.2) is 5.88 Å². The van der Waals surface area contributed by atoms with Crippen molar-refractivity contribution < 1.29 is 4.42 Å². The highest BCUT2D eigenvalue weighted by Crippen LogP contribution is 2.31. The monoisotopic (exact) mass is 222 g/mol. The van der Waals surface area contributed by atoms with Gasteiger partial charge >= 0.3 is 0 Å². The SMILES string of the molecule is Cc1ccc(Nc2c(N)cccc2Cl)o1. The van der Waals surface area contributed by atoms with E-state index in [-0.39, 0.29) is 0 Å². The molecule has 2 rings (SSSR count). The van der Waals surface area contributed by atoms with Crippen LogP contribution in [0.15, 0.2) is 34.7 Å². The van der Waals surface area contributed by atoms with Crippen molar-refractivity contribution in [3.63, 3.8) is 0 Å². The Hall–Kier alpha value is -1.61. The molecule has 4 heteroatoms. The molecule has 1 aromatic carbocycles. The second-order valence-electron chi connectivity index (χ2n) is 3.24. The maximum absolute atomic E-state index is 6.00. The number of nitrogen functional groups attached to an aromatic ring is 1. The number of nitrogens with one attached hydrogen (secondary N) is 1. The molecule has 0 aliphatic heterocycles. The Morgan fingerprint density at radius 1 is 1.27 bits per heavy atom. The molecular formula is C11H11ClN2O. The van der Waals surface area contributed by atoms with Crippen molar-refractivity contribution in [2.24, 2.45) is 0 Å². The first-order valence-electron chi connectivity index (χ1n) is 4.54. The van der Waals surface area contributed by atoms with Gasteiger partial charge in [0, 0.05) is 6.07 Å². The lowest BCUT2D eigenvalue weighted by atomic mass is 10.2. The molecule has 0 atom stereocenters. The van der Waals surface area contributed by atoms with E-state index >= 15 is 0 Å². The standard InChI is InChI=1S/C11H11ClN2O/c1-7-5-6-10(15-7)14-11-8(12)3-2-4-9(11)13/h2-6,14H,13H2,1H3. The number of para-hydroxylation sites is 1. The number of nitrogens with two attached hydrogens (primary N) is 1. The van der Waals surface area contributed by atoms with Crippen molar-refractivity contribution >= 4 is 28.9 Å². The second-order valence-corrected chi connectivity index (χ2v) is 3.65. The van der Waals surface area contributed by atoms with Crippen LogP contribution in [0.25, 0.3) is 0 Å². The van der Waals surface area contributed by atoms with Crippen LogP contribution in [0.4, 0.5) is 17.3 Å². The minimum atomic E-state index is 0.573. The number of halogens is 1. The number of hydrogen-bond donors (Lipinski definition) is 2. The van der Waals surface area contributed by atoms with Crippen LogP contribution < -0.4 is 11.1 Å². The van der Waals surface area contributed by atoms with Gasteiger partial charge in [0.2, 0.25) is 0 Å². The van der Waals surface area contributed by atoms with Crippen molar-refractivity contribution in [3.8, 4) is 0 Å². The Morgan fingerprint density at radius 3 is 2.67 bits per heavy atom. The third kappa shape index (κ3) is 2.07. The van der Waals surface area contributed by atoms with Crippen LogP contribution in [0.2, 0.25) is 5.02 Å². The minimum Gasteiger partial charge on any atom is -0.446 e. The summed E-state index contributed by atoms with van der Waals surface area (Å²) >= 11 is 6.00. The first kappa shape index (κ1) is 9.93. The Bertz CT molecular complexity index is 459. The fourth-order valence-electron chi connectivity index (χ4n) is 1.30. The number of rotatable bonds is 2. The average Bonchev–Trinajstić information content (AvgIpc) is 2.58. The third-order valence-electron chi connectivity index (χ3n) is 2.03. The molecule has 0 fully saturated rings. The first-order valence-corrected chi connectivity index (χ1v) is 4.92. The van der Waals surface area contributed by atoms with Gasteiger partial charge in [-0.05, 0) is 25.1 Å². The van der Waals surface area contributed by atoms with Gasteiger partial charge in [-0.3, -0.25) is 0 Å². The summed E-state index contributed by atoms with van der Waals surface area (Å²) in [4.78, 5) is 0. The minimum absolute atomic E-state index is 0.573. The molecule has 0 bridgehead atoms. The van der Waals surface area contributed by atoms with Gasteiger partial charge in [0.25, 0.3) is 0 Å². The molecule has 15 heavy (non-hydrogen) atoms. The van der Waals surface area contributed by atoms with Crippen molar-refractivity contribution in [2.45, 2.75) is 6.92 Å². The Labute approximate surface area is 92.8 Å². The van der Waals surface area contributed by atoms with Crippen LogP contribution >= 0.6 is 11.6 Å². The van der Waals surface area contributed by atoms with Crippen molar-refractivity contribution in [1.82, 2.24) is 0 Å². The Morgan fingerprint density at radius 2 is 2.07 bits per heavy atom. The molecule has 0 saturated heterocycles. The number of anilines is 3. The molecule has 0 unspecified atom stereocenters. The zero-order valence-electron chi connectivity index (χ0n) is 8.25. The highest BCUT2D eigenvalue weighted by molar-refractivity contribution is 6.34. The highest BCUT2D eigenvalue weighted by atomic mass is 35.5. The van der Waals surface area contributed by atoms with Crippen LogP contribution in [0.5, 0.6) is 0 Å². The quantitative estimate of drug-likeness (QED) is 0.764. The number of aryl methyl sites for hydroxylation is 1. The molecule has 0 amide bonds. The molecule has 0 aliphatic rings. The van der Waals surface area contributed by atoms with E-state index in [9.17, 15) is 0 Å². The van der Waals surface area contributed by atoms with Crippen molar-refractivity contribution in [1.29, 1.82) is 0 Å². The van der Waals surface area contributed by atoms with Crippen molar-refractivity contribution in [2.75, 3.05) is 11.1 Å². The van der Waals surface area contributed by atoms with Crippen molar-refractivity contribution in [3.05, 3.63) is 41.1 Å². The van der Waals surface area contributed by atoms with Crippen LogP contribution in [0.3, 0.4) is 0 Å². The van der Waals surface area contributed by atoms with E-state index in [2.05, 4.69) is 5.32 Å². The smallest absolute Gasteiger partial charge is 0.197 e. The molecule has 0 radical (unpaired) electrons. The van der Waals surface area contributed by atoms with E-state index in [0.717, 1.165) is 5.76 Å². The molecular weight excluding hydrogens is 212 g/mol. The summed E-state index contributed by atoms with van der Waals surface area (Å²) in [5, 5.41) is 3.61. The van der Waals surface area contributed by atoms with E-state index in [4.69, 9.17) is 21.8 Å². The van der Waals surface area contributed by atoms with Gasteiger partial charge in [-0.25, -0.2) is 0 Å². The molecule has 0 spiro atoms. The Kier molecular flexibility index (Phi) is 2.56. The normalized spacial score (nSPS) is 10.3. The fraction of sp³-hybridized carbons (Fsp3) is 0.0909. The van der Waals surface area contributed by atoms with E-state index in [1.165, 1.54) is 0 Å². The second kappa shape index (κ2) is 3.87. The lowest BCUT2D eigenvalue weighted by molar-refractivity contribution is 0.551. The average molecular weight is 223 g/mol. The number of hydrogen-bond acceptors (Lipinski definition) is 3. The largest absolute Gasteiger partial charge is 0.446 e. The van der Waals surface area contributed by atoms with E-state index < -0.39 is 0 Å². The summed E-state index contributed by atoms with van der Waals surface area (Å²) in [5.41, 5.74) is 7.06. The Balaban J connectivity index is 2.31. The highest BCUT2D eigenvalue weighted by Gasteiger charge is 2.06. The van der Waals surface area contributed by atoms with E-state index in [0.29, 0.717) is 22.3 Å². The van der Waals surface area contributed by atoms with Gasteiger partial charge in [-0.2, -0.15) is 0 Å². The molecule has 3 nitrogen and oxygen atoms in total. The molecule has 1 heterocycles. The maximum atomic E-state index is 6.00. The summed E-state index contributed by atoms with van der Waals surface area (Å²) in [7, 11) is 0. The van der Waals surface area contributed by atoms with Crippen LogP contribution in [-0.2, 0) is 0 Å². The molecule has 3 N–H and O–H groups in total. The van der Waals surface area contributed by atoms with Gasteiger partial charge < -0.3 is 15.5 Å². The summed E-state index contributed by atoms with van der Waals surface area (Å²) in [6, 6.07) is 9.06.